The van der Waals surface area contributed by atoms with E-state index in [0.717, 1.165) is 30.7 Å². The van der Waals surface area contributed by atoms with E-state index in [2.05, 4.69) is 10.3 Å². The van der Waals surface area contributed by atoms with Crippen molar-refractivity contribution in [3.8, 4) is 0 Å². The summed E-state index contributed by atoms with van der Waals surface area (Å²) in [4.78, 5) is 17.0. The van der Waals surface area contributed by atoms with Crippen molar-refractivity contribution in [3.05, 3.63) is 53.6 Å². The lowest BCUT2D eigenvalue weighted by Crippen LogP contribution is -2.31. The molecule has 5 heteroatoms. The van der Waals surface area contributed by atoms with Crippen molar-refractivity contribution in [2.45, 2.75) is 51.2 Å². The van der Waals surface area contributed by atoms with E-state index in [-0.39, 0.29) is 11.9 Å². The largest absolute Gasteiger partial charge is 0.390 e. The predicted molar refractivity (Wildman–Crippen MR) is 97.2 cm³/mol. The Morgan fingerprint density at radius 1 is 1.36 bits per heavy atom. The average Bonchev–Trinajstić information content (AvgIpc) is 3.32. The van der Waals surface area contributed by atoms with E-state index in [0.29, 0.717) is 17.9 Å². The first kappa shape index (κ1) is 17.7. The van der Waals surface area contributed by atoms with Crippen molar-refractivity contribution in [2.75, 3.05) is 0 Å². The van der Waals surface area contributed by atoms with E-state index in [9.17, 15) is 9.90 Å². The van der Waals surface area contributed by atoms with E-state index in [1.54, 1.807) is 6.20 Å². The third-order valence-corrected chi connectivity index (χ3v) is 4.76. The van der Waals surface area contributed by atoms with Crippen LogP contribution in [0.1, 0.15) is 60.9 Å². The third kappa shape index (κ3) is 4.69. The summed E-state index contributed by atoms with van der Waals surface area (Å²) in [6.07, 6.45) is 7.44. The highest BCUT2D eigenvalue weighted by Gasteiger charge is 2.35. The number of benzene rings is 1. The van der Waals surface area contributed by atoms with Crippen LogP contribution in [0.15, 0.2) is 36.7 Å². The molecule has 1 atom stereocenters. The third-order valence-electron chi connectivity index (χ3n) is 4.76. The van der Waals surface area contributed by atoms with Crippen LogP contribution in [-0.2, 0) is 13.5 Å². The van der Waals surface area contributed by atoms with E-state index < -0.39 is 5.60 Å². The summed E-state index contributed by atoms with van der Waals surface area (Å²) in [6.45, 7) is 3.62. The normalized spacial score (nSPS) is 15.8. The molecule has 5 nitrogen and oxygen atoms in total. The molecule has 25 heavy (non-hydrogen) atoms. The van der Waals surface area contributed by atoms with Gasteiger partial charge in [0.05, 0.1) is 11.6 Å². The number of hydrogen-bond acceptors (Lipinski definition) is 3. The number of nitrogens with one attached hydrogen (secondary N) is 1. The van der Waals surface area contributed by atoms with Gasteiger partial charge < -0.3 is 15.0 Å². The summed E-state index contributed by atoms with van der Waals surface area (Å²) < 4.78 is 1.98. The molecule has 0 unspecified atom stereocenters. The monoisotopic (exact) mass is 341 g/mol. The minimum atomic E-state index is -0.671. The molecule has 1 heterocycles. The quantitative estimate of drug-likeness (QED) is 0.813. The van der Waals surface area contributed by atoms with Gasteiger partial charge >= 0.3 is 0 Å². The van der Waals surface area contributed by atoms with E-state index in [1.807, 2.05) is 55.9 Å². The molecule has 1 aromatic heterocycles. The van der Waals surface area contributed by atoms with E-state index in [4.69, 9.17) is 0 Å². The highest BCUT2D eigenvalue weighted by molar-refractivity contribution is 5.94. The van der Waals surface area contributed by atoms with Gasteiger partial charge in [-0.1, -0.05) is 12.1 Å². The smallest absolute Gasteiger partial charge is 0.251 e. The Morgan fingerprint density at radius 3 is 2.56 bits per heavy atom. The molecule has 2 aromatic rings. The predicted octanol–water partition coefficient (Wildman–Crippen LogP) is 3.00. The Hall–Kier alpha value is -2.14. The Morgan fingerprint density at radius 2 is 2.04 bits per heavy atom. The standard InChI is InChI=1S/C20H27N3O2/c1-20(2,25)11-10-14-4-6-16(7-5-14)19(24)22-17(15-8-9-15)18-21-12-13-23(18)3/h4-7,12-13,15,17,25H,8-11H2,1-3H3,(H,22,24)/t17-/m0/s1. The Labute approximate surface area is 149 Å². The van der Waals surface area contributed by atoms with Crippen molar-refractivity contribution < 1.29 is 9.90 Å². The van der Waals surface area contributed by atoms with Gasteiger partial charge in [0, 0.05) is 25.0 Å². The summed E-state index contributed by atoms with van der Waals surface area (Å²) in [5.74, 6) is 1.34. The molecular weight excluding hydrogens is 314 g/mol. The molecule has 1 fully saturated rings. The lowest BCUT2D eigenvalue weighted by Gasteiger charge is -2.18. The number of carbonyl (C=O) groups excluding carboxylic acids is 1. The molecular formula is C20H27N3O2. The molecule has 3 rings (SSSR count). The molecule has 0 bridgehead atoms. The maximum Gasteiger partial charge on any atom is 0.251 e. The van der Waals surface area contributed by atoms with Crippen molar-refractivity contribution in [1.29, 1.82) is 0 Å². The number of amides is 1. The molecule has 134 valence electrons. The second-order valence-corrected chi connectivity index (χ2v) is 7.69. The molecule has 0 aliphatic heterocycles. The first-order valence-electron chi connectivity index (χ1n) is 8.93. The lowest BCUT2D eigenvalue weighted by atomic mass is 9.98. The van der Waals surface area contributed by atoms with Gasteiger partial charge in [-0.15, -0.1) is 0 Å². The maximum atomic E-state index is 12.6. The molecule has 1 aromatic carbocycles. The number of nitrogens with zero attached hydrogens (tertiary/aromatic N) is 2. The number of aliphatic hydroxyl groups is 1. The summed E-state index contributed by atoms with van der Waals surface area (Å²) >= 11 is 0. The van der Waals surface area contributed by atoms with Gasteiger partial charge in [0.15, 0.2) is 0 Å². The van der Waals surface area contributed by atoms with Crippen LogP contribution in [0.4, 0.5) is 0 Å². The topological polar surface area (TPSA) is 67.2 Å². The number of rotatable bonds is 7. The van der Waals surface area contributed by atoms with Crippen molar-refractivity contribution >= 4 is 5.91 Å². The summed E-state index contributed by atoms with van der Waals surface area (Å²) in [6, 6.07) is 7.62. The fourth-order valence-corrected chi connectivity index (χ4v) is 3.00. The van der Waals surface area contributed by atoms with Gasteiger partial charge in [0.25, 0.3) is 5.91 Å². The van der Waals surface area contributed by atoms with Crippen molar-refractivity contribution in [3.63, 3.8) is 0 Å². The summed E-state index contributed by atoms with van der Waals surface area (Å²) in [5.41, 5.74) is 1.11. The van der Waals surface area contributed by atoms with Crippen LogP contribution in [0.3, 0.4) is 0 Å². The van der Waals surface area contributed by atoms with Crippen LogP contribution >= 0.6 is 0 Å². The van der Waals surface area contributed by atoms with Gasteiger partial charge in [-0.3, -0.25) is 4.79 Å². The zero-order valence-electron chi connectivity index (χ0n) is 15.2. The Kier molecular flexibility index (Phi) is 4.95. The second-order valence-electron chi connectivity index (χ2n) is 7.69. The Balaban J connectivity index is 1.65. The number of aryl methyl sites for hydroxylation is 2. The lowest BCUT2D eigenvalue weighted by molar-refractivity contribution is 0.0713. The van der Waals surface area contributed by atoms with Crippen LogP contribution in [0.2, 0.25) is 0 Å². The number of imidazole rings is 1. The highest BCUT2D eigenvalue weighted by Crippen LogP contribution is 2.40. The van der Waals surface area contributed by atoms with Crippen molar-refractivity contribution in [2.24, 2.45) is 13.0 Å². The number of aromatic nitrogens is 2. The van der Waals surface area contributed by atoms with Crippen molar-refractivity contribution in [1.82, 2.24) is 14.9 Å². The molecule has 1 aliphatic rings. The number of hydrogen-bond donors (Lipinski definition) is 2. The molecule has 1 aliphatic carbocycles. The van der Waals surface area contributed by atoms with Crippen LogP contribution < -0.4 is 5.32 Å². The molecule has 1 saturated carbocycles. The van der Waals surface area contributed by atoms with Crippen LogP contribution in [-0.4, -0.2) is 26.2 Å². The van der Waals surface area contributed by atoms with Crippen LogP contribution in [0, 0.1) is 5.92 Å². The minimum Gasteiger partial charge on any atom is -0.390 e. The van der Waals surface area contributed by atoms with Gasteiger partial charge in [-0.2, -0.15) is 0 Å². The summed E-state index contributed by atoms with van der Waals surface area (Å²) in [7, 11) is 1.96. The Bertz CT molecular complexity index is 724. The highest BCUT2D eigenvalue weighted by atomic mass is 16.3. The first-order chi connectivity index (χ1) is 11.8. The zero-order chi connectivity index (χ0) is 18.0. The molecule has 2 N–H and O–H groups in total. The summed E-state index contributed by atoms with van der Waals surface area (Å²) in [5, 5.41) is 13.0. The van der Waals surface area contributed by atoms with Gasteiger partial charge in [-0.05, 0) is 63.1 Å². The van der Waals surface area contributed by atoms with Gasteiger partial charge in [0.2, 0.25) is 0 Å². The minimum absolute atomic E-state index is 0.0256. The maximum absolute atomic E-state index is 12.6. The second kappa shape index (κ2) is 7.00. The molecule has 0 spiro atoms. The molecule has 0 saturated heterocycles. The molecule has 1 amide bonds. The van der Waals surface area contributed by atoms with Crippen LogP contribution in [0.5, 0.6) is 0 Å². The van der Waals surface area contributed by atoms with Gasteiger partial charge in [0.1, 0.15) is 5.82 Å². The van der Waals surface area contributed by atoms with E-state index >= 15 is 0 Å². The fourth-order valence-electron chi connectivity index (χ4n) is 3.00. The van der Waals surface area contributed by atoms with E-state index in [1.165, 1.54) is 0 Å². The number of carbonyl (C=O) groups is 1. The average molecular weight is 341 g/mol. The molecule has 0 radical (unpaired) electrons. The fraction of sp³-hybridized carbons (Fsp3) is 0.500. The zero-order valence-corrected chi connectivity index (χ0v) is 15.2. The SMILES string of the molecule is Cn1ccnc1[C@@H](NC(=O)c1ccc(CCC(C)(C)O)cc1)C1CC1. The van der Waals surface area contributed by atoms with Crippen LogP contribution in [0.25, 0.3) is 0 Å². The van der Waals surface area contributed by atoms with Gasteiger partial charge in [-0.25, -0.2) is 4.98 Å². The first-order valence-corrected chi connectivity index (χ1v) is 8.93.